The van der Waals surface area contributed by atoms with Crippen molar-refractivity contribution in [1.29, 1.82) is 0 Å². The first kappa shape index (κ1) is 11.3. The average molecular weight is 241 g/mol. The molecule has 0 amide bonds. The summed E-state index contributed by atoms with van der Waals surface area (Å²) in [7, 11) is 0. The zero-order valence-corrected chi connectivity index (χ0v) is 8.68. The summed E-state index contributed by atoms with van der Waals surface area (Å²) in [6, 6.07) is 0. The molecule has 1 unspecified atom stereocenters. The van der Waals surface area contributed by atoms with E-state index in [1.165, 1.54) is 6.33 Å². The molecule has 3 heterocycles. The lowest BCUT2D eigenvalue weighted by Crippen LogP contribution is -2.06. The number of ether oxygens (including phenoxy) is 1. The molecule has 1 aliphatic rings. The Morgan fingerprint density at radius 3 is 3.00 bits per heavy atom. The molecule has 0 aromatic carbocycles. The van der Waals surface area contributed by atoms with Gasteiger partial charge >= 0.3 is 0 Å². The van der Waals surface area contributed by atoms with Crippen molar-refractivity contribution in [3.05, 3.63) is 17.8 Å². The molecule has 3 rings (SSSR count). The van der Waals surface area contributed by atoms with Crippen LogP contribution < -0.4 is 0 Å². The Bertz CT molecular complexity index is 493. The Balaban J connectivity index is 0.000000963. The van der Waals surface area contributed by atoms with E-state index >= 15 is 0 Å². The fourth-order valence-electron chi connectivity index (χ4n) is 1.81. The lowest BCUT2D eigenvalue weighted by Gasteiger charge is -2.10. The van der Waals surface area contributed by atoms with E-state index < -0.39 is 0 Å². The zero-order valence-electron chi connectivity index (χ0n) is 7.93. The Morgan fingerprint density at radius 2 is 2.25 bits per heavy atom. The van der Waals surface area contributed by atoms with Crippen molar-refractivity contribution in [2.24, 2.45) is 0 Å². The molecular weight excluding hydrogens is 228 g/mol. The fraction of sp³-hybridized carbons (Fsp3) is 0.500. The Labute approximate surface area is 98.4 Å². The summed E-state index contributed by atoms with van der Waals surface area (Å²) in [5, 5.41) is 0.386. The molecule has 0 spiro atoms. The van der Waals surface area contributed by atoms with Crippen LogP contribution in [-0.4, -0.2) is 26.1 Å². The highest BCUT2D eigenvalue weighted by Crippen LogP contribution is 2.27. The van der Waals surface area contributed by atoms with Gasteiger partial charge in [0.15, 0.2) is 10.8 Å². The van der Waals surface area contributed by atoms with E-state index in [1.807, 2.05) is 4.57 Å². The maximum absolute atomic E-state index is 5.91. The molecule has 0 bridgehead atoms. The third kappa shape index (κ3) is 1.66. The minimum atomic E-state index is 0. The smallest absolute Gasteiger partial charge is 0.166 e. The van der Waals surface area contributed by atoms with Gasteiger partial charge in [0.1, 0.15) is 18.1 Å². The molecule has 1 aliphatic heterocycles. The van der Waals surface area contributed by atoms with Crippen molar-refractivity contribution < 1.29 is 4.74 Å². The summed E-state index contributed by atoms with van der Waals surface area (Å²) in [6.45, 7) is 0.795. The van der Waals surface area contributed by atoms with Crippen LogP contribution in [0.5, 0.6) is 0 Å². The molecule has 5 nitrogen and oxygen atoms in total. The number of aromatic nitrogens is 4. The van der Waals surface area contributed by atoms with Crippen LogP contribution in [-0.2, 0) is 4.74 Å². The highest BCUT2D eigenvalue weighted by molar-refractivity contribution is 6.33. The third-order valence-corrected chi connectivity index (χ3v) is 2.81. The molecule has 2 aromatic rings. The Hall–Kier alpha value is -1.20. The maximum atomic E-state index is 5.91. The third-order valence-electron chi connectivity index (χ3n) is 2.53. The van der Waals surface area contributed by atoms with Gasteiger partial charge in [-0.15, -0.1) is 0 Å². The monoisotopic (exact) mass is 240 g/mol. The van der Waals surface area contributed by atoms with Gasteiger partial charge < -0.3 is 4.74 Å². The predicted molar refractivity (Wildman–Crippen MR) is 61.3 cm³/mol. The summed E-state index contributed by atoms with van der Waals surface area (Å²) in [5.41, 5.74) is 1.37. The molecule has 1 fully saturated rings. The molecule has 2 aromatic heterocycles. The lowest BCUT2D eigenvalue weighted by atomic mass is 10.3. The quantitative estimate of drug-likeness (QED) is 0.719. The van der Waals surface area contributed by atoms with Gasteiger partial charge in [0.25, 0.3) is 0 Å². The largest absolute Gasteiger partial charge is 0.358 e. The number of rotatable bonds is 1. The highest BCUT2D eigenvalue weighted by Gasteiger charge is 2.20. The molecule has 16 heavy (non-hydrogen) atoms. The number of fused-ring (bicyclic) bond motifs is 1. The number of imidazole rings is 1. The van der Waals surface area contributed by atoms with Crippen molar-refractivity contribution in [1.82, 2.24) is 19.5 Å². The lowest BCUT2D eigenvalue weighted by molar-refractivity contribution is 0.0593. The van der Waals surface area contributed by atoms with Crippen molar-refractivity contribution in [3.63, 3.8) is 0 Å². The van der Waals surface area contributed by atoms with E-state index in [0.29, 0.717) is 10.7 Å². The molecule has 0 N–H and O–H groups in total. The molecule has 0 saturated carbocycles. The molecule has 0 radical (unpaired) electrons. The van der Waals surface area contributed by atoms with Crippen LogP contribution in [0.25, 0.3) is 11.2 Å². The topological polar surface area (TPSA) is 52.8 Å². The van der Waals surface area contributed by atoms with Crippen LogP contribution >= 0.6 is 11.6 Å². The molecular formula is C10H13ClN4O. The van der Waals surface area contributed by atoms with Gasteiger partial charge in [0.2, 0.25) is 0 Å². The summed E-state index contributed by atoms with van der Waals surface area (Å²) < 4.78 is 7.48. The van der Waals surface area contributed by atoms with Crippen LogP contribution in [0.2, 0.25) is 5.15 Å². The normalized spacial score (nSPS) is 19.9. The first-order chi connectivity index (χ1) is 7.36. The Morgan fingerprint density at radius 1 is 1.38 bits per heavy atom. The van der Waals surface area contributed by atoms with E-state index in [-0.39, 0.29) is 13.7 Å². The van der Waals surface area contributed by atoms with Gasteiger partial charge in [0.05, 0.1) is 6.33 Å². The molecule has 1 saturated heterocycles. The minimum absolute atomic E-state index is 0. The van der Waals surface area contributed by atoms with Gasteiger partial charge in [-0.3, -0.25) is 4.57 Å². The average Bonchev–Trinajstić information content (AvgIpc) is 2.85. The van der Waals surface area contributed by atoms with Gasteiger partial charge in [0, 0.05) is 6.61 Å². The maximum Gasteiger partial charge on any atom is 0.166 e. The minimum Gasteiger partial charge on any atom is -0.358 e. The summed E-state index contributed by atoms with van der Waals surface area (Å²) in [6.07, 6.45) is 5.26. The van der Waals surface area contributed by atoms with Gasteiger partial charge in [-0.05, 0) is 12.8 Å². The first-order valence-electron chi connectivity index (χ1n) is 4.81. The van der Waals surface area contributed by atoms with Crippen molar-refractivity contribution in [2.75, 3.05) is 6.61 Å². The second kappa shape index (κ2) is 4.35. The standard InChI is InChI=1S/C9H9ClN4O.CH4/c10-8-7-9(12-4-11-8)14(5-13-7)6-2-1-3-15-6;/h4-6H,1-3H2;1H4. The first-order valence-corrected chi connectivity index (χ1v) is 5.18. The van der Waals surface area contributed by atoms with Crippen molar-refractivity contribution in [3.8, 4) is 0 Å². The molecule has 86 valence electrons. The summed E-state index contributed by atoms with van der Waals surface area (Å²) >= 11 is 5.91. The number of hydrogen-bond donors (Lipinski definition) is 0. The summed E-state index contributed by atoms with van der Waals surface area (Å²) in [5.74, 6) is 0. The number of nitrogens with zero attached hydrogens (tertiary/aromatic N) is 4. The van der Waals surface area contributed by atoms with Crippen molar-refractivity contribution in [2.45, 2.75) is 26.5 Å². The van der Waals surface area contributed by atoms with E-state index in [0.717, 1.165) is 25.1 Å². The van der Waals surface area contributed by atoms with E-state index in [9.17, 15) is 0 Å². The van der Waals surface area contributed by atoms with Gasteiger partial charge in [-0.1, -0.05) is 19.0 Å². The zero-order chi connectivity index (χ0) is 10.3. The van der Waals surface area contributed by atoms with Crippen molar-refractivity contribution >= 4 is 22.8 Å². The highest BCUT2D eigenvalue weighted by atomic mass is 35.5. The second-order valence-electron chi connectivity index (χ2n) is 3.46. The van der Waals surface area contributed by atoms with Crippen LogP contribution in [0.4, 0.5) is 0 Å². The molecule has 1 atom stereocenters. The van der Waals surface area contributed by atoms with Crippen LogP contribution in [0.15, 0.2) is 12.7 Å². The van der Waals surface area contributed by atoms with Crippen LogP contribution in [0, 0.1) is 0 Å². The number of hydrogen-bond acceptors (Lipinski definition) is 4. The number of halogens is 1. The van der Waals surface area contributed by atoms with Crippen LogP contribution in [0.1, 0.15) is 26.5 Å². The Kier molecular flexibility index (Phi) is 3.07. The second-order valence-corrected chi connectivity index (χ2v) is 3.81. The van der Waals surface area contributed by atoms with Crippen LogP contribution in [0.3, 0.4) is 0 Å². The summed E-state index contributed by atoms with van der Waals surface area (Å²) in [4.78, 5) is 12.2. The molecule has 6 heteroatoms. The molecule has 0 aliphatic carbocycles. The van der Waals surface area contributed by atoms with E-state index in [1.54, 1.807) is 6.33 Å². The van der Waals surface area contributed by atoms with E-state index in [4.69, 9.17) is 16.3 Å². The van der Waals surface area contributed by atoms with Gasteiger partial charge in [-0.2, -0.15) is 0 Å². The predicted octanol–water partition coefficient (Wildman–Crippen LogP) is 2.42. The van der Waals surface area contributed by atoms with Gasteiger partial charge in [-0.25, -0.2) is 15.0 Å². The van der Waals surface area contributed by atoms with E-state index in [2.05, 4.69) is 15.0 Å². The SMILES string of the molecule is C.Clc1ncnc2c1ncn2C1CCCO1. The fourth-order valence-corrected chi connectivity index (χ4v) is 1.99.